The molecule has 1 N–H and O–H groups in total. The Balaban J connectivity index is 1.66. The lowest BCUT2D eigenvalue weighted by Crippen LogP contribution is -2.28. The zero-order chi connectivity index (χ0) is 19.7. The van der Waals surface area contributed by atoms with E-state index in [2.05, 4.69) is 10.3 Å². The van der Waals surface area contributed by atoms with Gasteiger partial charge in [0.15, 0.2) is 0 Å². The molecule has 0 aliphatic carbocycles. The topological polar surface area (TPSA) is 64.0 Å². The number of benzene rings is 2. The number of carbonyl (C=O) groups is 1. The van der Waals surface area contributed by atoms with E-state index in [1.165, 1.54) is 22.2 Å². The first-order chi connectivity index (χ1) is 13.5. The van der Waals surface area contributed by atoms with Gasteiger partial charge in [-0.05, 0) is 36.6 Å². The van der Waals surface area contributed by atoms with Crippen LogP contribution in [-0.4, -0.2) is 15.5 Å². The van der Waals surface area contributed by atoms with Gasteiger partial charge in [-0.15, -0.1) is 11.3 Å². The average Bonchev–Trinajstić information content (AvgIpc) is 3.12. The third-order valence-corrected chi connectivity index (χ3v) is 5.51. The number of anilines is 1. The second-order valence-electron chi connectivity index (χ2n) is 6.74. The van der Waals surface area contributed by atoms with Crippen molar-refractivity contribution in [3.8, 4) is 11.1 Å². The molecule has 4 aromatic rings. The van der Waals surface area contributed by atoms with Crippen LogP contribution in [0.1, 0.15) is 11.1 Å². The number of amides is 1. The van der Waals surface area contributed by atoms with E-state index < -0.39 is 0 Å². The predicted molar refractivity (Wildman–Crippen MR) is 114 cm³/mol. The van der Waals surface area contributed by atoms with Gasteiger partial charge in [-0.1, -0.05) is 42.5 Å². The maximum absolute atomic E-state index is 13.0. The molecule has 0 aliphatic rings. The van der Waals surface area contributed by atoms with E-state index in [1.807, 2.05) is 67.8 Å². The van der Waals surface area contributed by atoms with Crippen molar-refractivity contribution in [2.45, 2.75) is 20.4 Å². The van der Waals surface area contributed by atoms with Crippen LogP contribution >= 0.6 is 11.3 Å². The highest BCUT2D eigenvalue weighted by Gasteiger charge is 2.15. The van der Waals surface area contributed by atoms with Gasteiger partial charge in [0.2, 0.25) is 5.91 Å². The smallest absolute Gasteiger partial charge is 0.263 e. The highest BCUT2D eigenvalue weighted by Crippen LogP contribution is 2.30. The highest BCUT2D eigenvalue weighted by atomic mass is 32.1. The van der Waals surface area contributed by atoms with E-state index in [9.17, 15) is 9.59 Å². The first-order valence-corrected chi connectivity index (χ1v) is 9.80. The number of rotatable bonds is 4. The summed E-state index contributed by atoms with van der Waals surface area (Å²) in [5.74, 6) is -0.256. The van der Waals surface area contributed by atoms with Gasteiger partial charge in [-0.2, -0.15) is 0 Å². The summed E-state index contributed by atoms with van der Waals surface area (Å²) < 4.78 is 1.36. The van der Waals surface area contributed by atoms with Crippen LogP contribution in [0.25, 0.3) is 21.3 Å². The van der Waals surface area contributed by atoms with Gasteiger partial charge >= 0.3 is 0 Å². The number of hydrogen-bond donors (Lipinski definition) is 1. The quantitative estimate of drug-likeness (QED) is 0.563. The molecule has 0 bridgehead atoms. The molecule has 0 saturated carbocycles. The number of aromatic nitrogens is 2. The summed E-state index contributed by atoms with van der Waals surface area (Å²) in [6, 6.07) is 15.6. The van der Waals surface area contributed by atoms with Crippen LogP contribution in [0.2, 0.25) is 0 Å². The van der Waals surface area contributed by atoms with Gasteiger partial charge in [0.05, 0.1) is 11.7 Å². The second-order valence-corrected chi connectivity index (χ2v) is 7.60. The van der Waals surface area contributed by atoms with Crippen molar-refractivity contribution in [3.05, 3.63) is 81.7 Å². The largest absolute Gasteiger partial charge is 0.324 e. The van der Waals surface area contributed by atoms with E-state index >= 15 is 0 Å². The van der Waals surface area contributed by atoms with Crippen LogP contribution in [0.15, 0.2) is 65.0 Å². The summed E-state index contributed by atoms with van der Waals surface area (Å²) in [5.41, 5.74) is 4.40. The summed E-state index contributed by atoms with van der Waals surface area (Å²) in [6.07, 6.45) is 1.44. The monoisotopic (exact) mass is 389 g/mol. The summed E-state index contributed by atoms with van der Waals surface area (Å²) in [5, 5.41) is 5.38. The summed E-state index contributed by atoms with van der Waals surface area (Å²) in [7, 11) is 0. The van der Waals surface area contributed by atoms with Crippen LogP contribution in [0.4, 0.5) is 5.69 Å². The minimum atomic E-state index is -0.256. The van der Waals surface area contributed by atoms with Gasteiger partial charge in [0.1, 0.15) is 11.4 Å². The fraction of sp³-hybridized carbons (Fsp3) is 0.136. The van der Waals surface area contributed by atoms with Crippen molar-refractivity contribution in [1.82, 2.24) is 9.55 Å². The molecule has 0 radical (unpaired) electrons. The maximum Gasteiger partial charge on any atom is 0.263 e. The number of fused-ring (bicyclic) bond motifs is 1. The molecular formula is C22H19N3O2S. The van der Waals surface area contributed by atoms with E-state index in [1.54, 1.807) is 0 Å². The van der Waals surface area contributed by atoms with Crippen LogP contribution in [0, 0.1) is 13.8 Å². The molecule has 0 spiro atoms. The van der Waals surface area contributed by atoms with Gasteiger partial charge in [0, 0.05) is 16.6 Å². The van der Waals surface area contributed by atoms with Crippen molar-refractivity contribution < 1.29 is 4.79 Å². The third-order valence-electron chi connectivity index (χ3n) is 4.63. The van der Waals surface area contributed by atoms with Crippen LogP contribution in [0.5, 0.6) is 0 Å². The number of carbonyl (C=O) groups excluding carboxylic acids is 1. The Morgan fingerprint density at radius 1 is 1.14 bits per heavy atom. The molecule has 5 nitrogen and oxygen atoms in total. The molecule has 28 heavy (non-hydrogen) atoms. The summed E-state index contributed by atoms with van der Waals surface area (Å²) in [6.45, 7) is 3.82. The third kappa shape index (κ3) is 3.46. The minimum Gasteiger partial charge on any atom is -0.324 e. The molecule has 0 aliphatic heterocycles. The Morgan fingerprint density at radius 3 is 2.71 bits per heavy atom. The van der Waals surface area contributed by atoms with Crippen LogP contribution < -0.4 is 10.9 Å². The van der Waals surface area contributed by atoms with Crippen molar-refractivity contribution in [1.29, 1.82) is 0 Å². The molecule has 1 amide bonds. The fourth-order valence-electron chi connectivity index (χ4n) is 3.13. The zero-order valence-corrected chi connectivity index (χ0v) is 16.4. The number of hydrogen-bond acceptors (Lipinski definition) is 4. The Bertz CT molecular complexity index is 1230. The maximum atomic E-state index is 13.0. The lowest BCUT2D eigenvalue weighted by molar-refractivity contribution is -0.116. The Hall–Kier alpha value is -3.25. The molecule has 2 aromatic carbocycles. The van der Waals surface area contributed by atoms with E-state index in [0.717, 1.165) is 27.9 Å². The number of aryl methyl sites for hydroxylation is 2. The molecule has 0 saturated heterocycles. The molecule has 6 heteroatoms. The second kappa shape index (κ2) is 7.40. The van der Waals surface area contributed by atoms with Crippen LogP contribution in [-0.2, 0) is 11.3 Å². The first kappa shape index (κ1) is 18.1. The predicted octanol–water partition coefficient (Wildman–Crippen LogP) is 4.38. The molecule has 0 atom stereocenters. The zero-order valence-electron chi connectivity index (χ0n) is 15.6. The van der Waals surface area contributed by atoms with Gasteiger partial charge in [-0.25, -0.2) is 4.98 Å². The van der Waals surface area contributed by atoms with Crippen molar-refractivity contribution in [3.63, 3.8) is 0 Å². The highest BCUT2D eigenvalue weighted by molar-refractivity contribution is 7.17. The van der Waals surface area contributed by atoms with E-state index in [0.29, 0.717) is 10.2 Å². The molecule has 4 rings (SSSR count). The van der Waals surface area contributed by atoms with Crippen LogP contribution in [0.3, 0.4) is 0 Å². The molecule has 0 fully saturated rings. The van der Waals surface area contributed by atoms with Gasteiger partial charge in [0.25, 0.3) is 5.56 Å². The lowest BCUT2D eigenvalue weighted by atomic mass is 10.1. The molecule has 0 unspecified atom stereocenters. The lowest BCUT2D eigenvalue weighted by Gasteiger charge is -2.10. The SMILES string of the molecule is Cc1ccc(C)c(NC(=O)Cn2cnc3scc(-c4ccccc4)c3c2=O)c1. The number of thiophene rings is 1. The molecule has 2 aromatic heterocycles. The Morgan fingerprint density at radius 2 is 1.93 bits per heavy atom. The summed E-state index contributed by atoms with van der Waals surface area (Å²) in [4.78, 5) is 30.6. The van der Waals surface area contributed by atoms with Crippen molar-refractivity contribution >= 4 is 33.1 Å². The van der Waals surface area contributed by atoms with Crippen molar-refractivity contribution in [2.75, 3.05) is 5.32 Å². The Kier molecular flexibility index (Phi) is 4.79. The van der Waals surface area contributed by atoms with E-state index in [4.69, 9.17) is 0 Å². The van der Waals surface area contributed by atoms with Gasteiger partial charge in [-0.3, -0.25) is 14.2 Å². The Labute approximate surface area is 166 Å². The molecule has 140 valence electrons. The first-order valence-electron chi connectivity index (χ1n) is 8.92. The van der Waals surface area contributed by atoms with E-state index in [-0.39, 0.29) is 18.0 Å². The molecule has 2 heterocycles. The normalized spacial score (nSPS) is 10.9. The van der Waals surface area contributed by atoms with Gasteiger partial charge < -0.3 is 5.32 Å². The van der Waals surface area contributed by atoms with Crippen molar-refractivity contribution in [2.24, 2.45) is 0 Å². The fourth-order valence-corrected chi connectivity index (χ4v) is 4.03. The minimum absolute atomic E-state index is 0.0841. The average molecular weight is 389 g/mol. The number of nitrogens with zero attached hydrogens (tertiary/aromatic N) is 2. The number of nitrogens with one attached hydrogen (secondary N) is 1. The summed E-state index contributed by atoms with van der Waals surface area (Å²) >= 11 is 1.43. The standard InChI is InChI=1S/C22H19N3O2S/c1-14-8-9-15(2)18(10-14)24-19(26)11-25-13-23-21-20(22(25)27)17(12-28-21)16-6-4-3-5-7-16/h3-10,12-13H,11H2,1-2H3,(H,24,26). The molecular weight excluding hydrogens is 370 g/mol.